The van der Waals surface area contributed by atoms with Crippen LogP contribution in [0.15, 0.2) is 18.5 Å². The number of amides is 1. The zero-order chi connectivity index (χ0) is 12.2. The van der Waals surface area contributed by atoms with Gasteiger partial charge in [0.1, 0.15) is 0 Å². The Labute approximate surface area is 95.4 Å². The zero-order valence-electron chi connectivity index (χ0n) is 9.87. The molecule has 1 aromatic heterocycles. The molecule has 0 bridgehead atoms. The largest absolute Gasteiger partial charge is 0.396 e. The van der Waals surface area contributed by atoms with Crippen molar-refractivity contribution in [2.24, 2.45) is 5.41 Å². The molecule has 1 heterocycles. The molecule has 1 rings (SSSR count). The summed E-state index contributed by atoms with van der Waals surface area (Å²) in [6, 6.07) is 1.79. The van der Waals surface area contributed by atoms with Crippen molar-refractivity contribution in [2.45, 2.75) is 13.8 Å². The smallest absolute Gasteiger partial charge is 0.227 e. The molecule has 0 aromatic carbocycles. The molecular weight excluding hydrogens is 204 g/mol. The standard InChI is InChI=1S/C11H18N4O/c1-11(2,10(16)13-3)7-15-9-4-5-14-6-8(9)12/h4-6H,7,12H2,1-3H3,(H,13,16)(H,14,15). The summed E-state index contributed by atoms with van der Waals surface area (Å²) in [6.45, 7) is 4.26. The molecule has 4 N–H and O–H groups in total. The summed E-state index contributed by atoms with van der Waals surface area (Å²) < 4.78 is 0. The van der Waals surface area contributed by atoms with E-state index >= 15 is 0 Å². The van der Waals surface area contributed by atoms with E-state index in [1.165, 1.54) is 0 Å². The monoisotopic (exact) mass is 222 g/mol. The van der Waals surface area contributed by atoms with Gasteiger partial charge in [-0.3, -0.25) is 9.78 Å². The van der Waals surface area contributed by atoms with Crippen LogP contribution in [0.3, 0.4) is 0 Å². The van der Waals surface area contributed by atoms with Crippen LogP contribution in [0.2, 0.25) is 0 Å². The third-order valence-corrected chi connectivity index (χ3v) is 2.41. The van der Waals surface area contributed by atoms with Crippen LogP contribution < -0.4 is 16.4 Å². The van der Waals surface area contributed by atoms with Crippen molar-refractivity contribution >= 4 is 17.3 Å². The first-order valence-corrected chi connectivity index (χ1v) is 5.13. The van der Waals surface area contributed by atoms with E-state index in [4.69, 9.17) is 5.73 Å². The van der Waals surface area contributed by atoms with Gasteiger partial charge < -0.3 is 16.4 Å². The third-order valence-electron chi connectivity index (χ3n) is 2.41. The molecule has 0 radical (unpaired) electrons. The van der Waals surface area contributed by atoms with E-state index in [-0.39, 0.29) is 5.91 Å². The molecule has 0 unspecified atom stereocenters. The average molecular weight is 222 g/mol. The summed E-state index contributed by atoms with van der Waals surface area (Å²) in [6.07, 6.45) is 3.24. The van der Waals surface area contributed by atoms with E-state index in [1.54, 1.807) is 25.5 Å². The van der Waals surface area contributed by atoms with Crippen molar-refractivity contribution in [3.63, 3.8) is 0 Å². The van der Waals surface area contributed by atoms with E-state index < -0.39 is 5.41 Å². The highest BCUT2D eigenvalue weighted by atomic mass is 16.2. The lowest BCUT2D eigenvalue weighted by molar-refractivity contribution is -0.128. The van der Waals surface area contributed by atoms with Crippen molar-refractivity contribution in [3.8, 4) is 0 Å². The number of aromatic nitrogens is 1. The lowest BCUT2D eigenvalue weighted by atomic mass is 9.92. The predicted octanol–water partition coefficient (Wildman–Crippen LogP) is 0.848. The fraction of sp³-hybridized carbons (Fsp3) is 0.455. The number of hydrogen-bond donors (Lipinski definition) is 3. The van der Waals surface area contributed by atoms with Crippen LogP contribution in [0.5, 0.6) is 0 Å². The lowest BCUT2D eigenvalue weighted by Gasteiger charge is -2.23. The van der Waals surface area contributed by atoms with E-state index in [1.807, 2.05) is 13.8 Å². The summed E-state index contributed by atoms with van der Waals surface area (Å²) in [5, 5.41) is 5.78. The highest BCUT2D eigenvalue weighted by Crippen LogP contribution is 2.20. The SMILES string of the molecule is CNC(=O)C(C)(C)CNc1ccncc1N. The van der Waals surface area contributed by atoms with Crippen LogP contribution in [0.1, 0.15) is 13.8 Å². The molecule has 5 heteroatoms. The van der Waals surface area contributed by atoms with Crippen LogP contribution in [0.4, 0.5) is 11.4 Å². The Morgan fingerprint density at radius 2 is 2.25 bits per heavy atom. The van der Waals surface area contributed by atoms with E-state index in [0.29, 0.717) is 12.2 Å². The molecule has 5 nitrogen and oxygen atoms in total. The maximum Gasteiger partial charge on any atom is 0.227 e. The fourth-order valence-corrected chi connectivity index (χ4v) is 1.30. The minimum atomic E-state index is -0.482. The molecule has 0 fully saturated rings. The van der Waals surface area contributed by atoms with Gasteiger partial charge in [0.05, 0.1) is 23.0 Å². The average Bonchev–Trinajstić information content (AvgIpc) is 2.27. The number of nitrogens with one attached hydrogen (secondary N) is 2. The number of anilines is 2. The lowest BCUT2D eigenvalue weighted by Crippen LogP contribution is -2.39. The minimum Gasteiger partial charge on any atom is -0.396 e. The van der Waals surface area contributed by atoms with Crippen LogP contribution in [0, 0.1) is 5.41 Å². The summed E-state index contributed by atoms with van der Waals surface area (Å²) in [5.41, 5.74) is 6.63. The maximum absolute atomic E-state index is 11.5. The Hall–Kier alpha value is -1.78. The molecule has 16 heavy (non-hydrogen) atoms. The van der Waals surface area contributed by atoms with Gasteiger partial charge in [-0.2, -0.15) is 0 Å². The van der Waals surface area contributed by atoms with Gasteiger partial charge in [0.2, 0.25) is 5.91 Å². The van der Waals surface area contributed by atoms with Gasteiger partial charge in [-0.05, 0) is 19.9 Å². The number of rotatable bonds is 4. The van der Waals surface area contributed by atoms with Crippen LogP contribution in [-0.4, -0.2) is 24.5 Å². The number of nitrogens with zero attached hydrogens (tertiary/aromatic N) is 1. The number of carbonyl (C=O) groups excluding carboxylic acids is 1. The molecule has 0 aliphatic rings. The summed E-state index contributed by atoms with van der Waals surface area (Å²) in [5.74, 6) is -0.00683. The second-order valence-corrected chi connectivity index (χ2v) is 4.28. The molecular formula is C11H18N4O. The van der Waals surface area contributed by atoms with Crippen molar-refractivity contribution in [2.75, 3.05) is 24.6 Å². The second kappa shape index (κ2) is 4.83. The Bertz CT molecular complexity index is 376. The van der Waals surface area contributed by atoms with Gasteiger partial charge in [-0.25, -0.2) is 0 Å². The normalized spacial score (nSPS) is 10.9. The van der Waals surface area contributed by atoms with Gasteiger partial charge in [-0.15, -0.1) is 0 Å². The Morgan fingerprint density at radius 3 is 2.81 bits per heavy atom. The van der Waals surface area contributed by atoms with Gasteiger partial charge in [0, 0.05) is 19.8 Å². The highest BCUT2D eigenvalue weighted by Gasteiger charge is 2.26. The topological polar surface area (TPSA) is 80.0 Å². The molecule has 0 aliphatic heterocycles. The molecule has 0 saturated carbocycles. The fourth-order valence-electron chi connectivity index (χ4n) is 1.30. The predicted molar refractivity (Wildman–Crippen MR) is 65.0 cm³/mol. The summed E-state index contributed by atoms with van der Waals surface area (Å²) >= 11 is 0. The summed E-state index contributed by atoms with van der Waals surface area (Å²) in [4.78, 5) is 15.4. The minimum absolute atomic E-state index is 0.00683. The molecule has 0 aliphatic carbocycles. The van der Waals surface area contributed by atoms with Crippen molar-refractivity contribution in [3.05, 3.63) is 18.5 Å². The number of carbonyl (C=O) groups is 1. The molecule has 1 amide bonds. The van der Waals surface area contributed by atoms with Gasteiger partial charge in [-0.1, -0.05) is 0 Å². The van der Waals surface area contributed by atoms with Gasteiger partial charge in [0.15, 0.2) is 0 Å². The number of nitrogen functional groups attached to an aromatic ring is 1. The molecule has 0 saturated heterocycles. The number of hydrogen-bond acceptors (Lipinski definition) is 4. The first-order chi connectivity index (χ1) is 7.47. The first kappa shape index (κ1) is 12.3. The molecule has 0 atom stereocenters. The number of nitrogens with two attached hydrogens (primary N) is 1. The molecule has 88 valence electrons. The first-order valence-electron chi connectivity index (χ1n) is 5.13. The number of pyridine rings is 1. The van der Waals surface area contributed by atoms with Crippen molar-refractivity contribution in [1.29, 1.82) is 0 Å². The Balaban J connectivity index is 2.65. The highest BCUT2D eigenvalue weighted by molar-refractivity contribution is 5.82. The quantitative estimate of drug-likeness (QED) is 0.705. The molecule has 0 spiro atoms. The zero-order valence-corrected chi connectivity index (χ0v) is 9.87. The van der Waals surface area contributed by atoms with Crippen molar-refractivity contribution < 1.29 is 4.79 Å². The molecule has 1 aromatic rings. The third kappa shape index (κ3) is 2.85. The van der Waals surface area contributed by atoms with Gasteiger partial charge in [0.25, 0.3) is 0 Å². The Morgan fingerprint density at radius 1 is 1.56 bits per heavy atom. The van der Waals surface area contributed by atoms with Crippen molar-refractivity contribution in [1.82, 2.24) is 10.3 Å². The second-order valence-electron chi connectivity index (χ2n) is 4.28. The van der Waals surface area contributed by atoms with E-state index in [0.717, 1.165) is 5.69 Å². The van der Waals surface area contributed by atoms with E-state index in [9.17, 15) is 4.79 Å². The van der Waals surface area contributed by atoms with Crippen LogP contribution >= 0.6 is 0 Å². The van der Waals surface area contributed by atoms with Gasteiger partial charge >= 0.3 is 0 Å². The van der Waals surface area contributed by atoms with E-state index in [2.05, 4.69) is 15.6 Å². The maximum atomic E-state index is 11.5. The summed E-state index contributed by atoms with van der Waals surface area (Å²) in [7, 11) is 1.63. The van der Waals surface area contributed by atoms with Crippen LogP contribution in [0.25, 0.3) is 0 Å². The Kier molecular flexibility index (Phi) is 3.71. The van der Waals surface area contributed by atoms with Crippen LogP contribution in [-0.2, 0) is 4.79 Å².